The van der Waals surface area contributed by atoms with E-state index < -0.39 is 15.8 Å². The number of rotatable bonds is 10. The second-order valence-corrected chi connectivity index (χ2v) is 16.0. The third-order valence-corrected chi connectivity index (χ3v) is 12.6. The Morgan fingerprint density at radius 3 is 1.14 bits per heavy atom. The average molecular weight is 876 g/mol. The molecule has 0 radical (unpaired) electrons. The number of nitrogens with zero attached hydrogens (tertiary/aromatic N) is 4. The molecule has 0 saturated carbocycles. The maximum atomic E-state index is 5.35. The molecule has 0 aliphatic heterocycles. The summed E-state index contributed by atoms with van der Waals surface area (Å²) in [7, 11) is 8.92. The summed E-state index contributed by atoms with van der Waals surface area (Å²) in [5, 5.41) is 21.5. The minimum absolute atomic E-state index is 0. The fraction of sp³-hybridized carbons (Fsp3) is 0.182. The SMILES string of the molecule is C[N-]C.C[N-]C.C[N-]C.[Hf+4].c1ccc(P(Cc2ccccc2[N-]c2ccccc2C[PH+](c2ccccc2)c2ccccc2)c2ccccc2)cc1. The maximum absolute atomic E-state index is 5.35. The van der Waals surface area contributed by atoms with E-state index in [2.05, 4.69) is 186 Å². The smallest absolute Gasteiger partial charge is 0.668 e. The third-order valence-electron chi connectivity index (χ3n) is 7.30. The van der Waals surface area contributed by atoms with Crippen LogP contribution in [-0.2, 0) is 38.2 Å². The Morgan fingerprint density at radius 1 is 0.412 bits per heavy atom. The molecule has 6 aromatic rings. The van der Waals surface area contributed by atoms with E-state index >= 15 is 0 Å². The van der Waals surface area contributed by atoms with Crippen LogP contribution in [0.2, 0.25) is 0 Å². The molecule has 6 rings (SSSR count). The van der Waals surface area contributed by atoms with Crippen molar-refractivity contribution in [2.75, 3.05) is 42.3 Å². The van der Waals surface area contributed by atoms with E-state index in [1.165, 1.54) is 32.3 Å². The quantitative estimate of drug-likeness (QED) is 0.0973. The number of hydrogen-bond acceptors (Lipinski definition) is 0. The minimum Gasteiger partial charge on any atom is -0.668 e. The van der Waals surface area contributed by atoms with E-state index in [9.17, 15) is 0 Å². The molecule has 0 bridgehead atoms. The van der Waals surface area contributed by atoms with Crippen LogP contribution >= 0.6 is 15.8 Å². The van der Waals surface area contributed by atoms with Gasteiger partial charge in [-0.3, -0.25) is 0 Å². The van der Waals surface area contributed by atoms with Gasteiger partial charge in [0.05, 0.1) is 24.7 Å². The van der Waals surface area contributed by atoms with Crippen molar-refractivity contribution in [2.24, 2.45) is 0 Å². The Labute approximate surface area is 329 Å². The van der Waals surface area contributed by atoms with Crippen molar-refractivity contribution in [2.45, 2.75) is 12.3 Å². The molecule has 0 heterocycles. The van der Waals surface area contributed by atoms with E-state index in [0.717, 1.165) is 23.7 Å². The van der Waals surface area contributed by atoms with Crippen molar-refractivity contribution in [3.05, 3.63) is 202 Å². The van der Waals surface area contributed by atoms with E-state index in [0.29, 0.717) is 0 Å². The van der Waals surface area contributed by atoms with Crippen molar-refractivity contribution in [3.8, 4) is 0 Å². The van der Waals surface area contributed by atoms with Gasteiger partial charge < -0.3 is 21.3 Å². The zero-order valence-electron chi connectivity index (χ0n) is 30.8. The fourth-order valence-corrected chi connectivity index (χ4v) is 10.2. The predicted molar refractivity (Wildman–Crippen MR) is 228 cm³/mol. The Balaban J connectivity index is 0.000000819. The summed E-state index contributed by atoms with van der Waals surface area (Å²) in [5.74, 6) is 0. The minimum atomic E-state index is -1.02. The van der Waals surface area contributed by atoms with Crippen LogP contribution in [0.15, 0.2) is 170 Å². The summed E-state index contributed by atoms with van der Waals surface area (Å²) in [6, 6.07) is 61.3. The molecule has 6 aromatic carbocycles. The van der Waals surface area contributed by atoms with Crippen LogP contribution in [0.25, 0.3) is 21.3 Å². The first-order valence-electron chi connectivity index (χ1n) is 16.8. The molecule has 0 aliphatic rings. The van der Waals surface area contributed by atoms with E-state index in [-0.39, 0.29) is 25.8 Å². The van der Waals surface area contributed by atoms with Crippen molar-refractivity contribution in [1.29, 1.82) is 0 Å². The second-order valence-electron chi connectivity index (χ2n) is 11.4. The molecule has 0 N–H and O–H groups in total. The second kappa shape index (κ2) is 26.5. The number of benzene rings is 6. The summed E-state index contributed by atoms with van der Waals surface area (Å²) in [6.07, 6.45) is 1.94. The number of para-hydroxylation sites is 2. The van der Waals surface area contributed by atoms with Crippen molar-refractivity contribution >= 4 is 48.4 Å². The standard InChI is InChI=1S/C38H32NP2.3C2H6N.Hf/c1-5-19-33(20-6-1)40(34-21-7-2-8-22-34)29-31-17-13-15-27-37(31)39-38-28-16-14-18-32(38)30-41(35-23-9-3-10-24-35)36-25-11-4-12-26-36;3*1-3-2;/h1-28H,29-30H2;3*1-2H3;/q4*-1;+4/p+1. The van der Waals surface area contributed by atoms with Gasteiger partial charge in [0.1, 0.15) is 0 Å². The first-order chi connectivity index (χ1) is 24.6. The average Bonchev–Trinajstić information content (AvgIpc) is 3.16. The Kier molecular flexibility index (Phi) is 22.8. The van der Waals surface area contributed by atoms with E-state index in [1.807, 2.05) is 0 Å². The van der Waals surface area contributed by atoms with Crippen LogP contribution < -0.4 is 21.2 Å². The Hall–Kier alpha value is -3.27. The fourth-order valence-electron chi connectivity index (χ4n) is 5.21. The monoisotopic (exact) mass is 877 g/mol. The maximum Gasteiger partial charge on any atom is 4.00 e. The van der Waals surface area contributed by atoms with Gasteiger partial charge in [-0.15, -0.1) is 11.4 Å². The Bertz CT molecular complexity index is 1520. The van der Waals surface area contributed by atoms with Gasteiger partial charge in [-0.2, -0.15) is 42.3 Å². The van der Waals surface area contributed by atoms with Gasteiger partial charge in [-0.25, -0.2) is 0 Å². The molecule has 0 aromatic heterocycles. The normalized spacial score (nSPS) is 9.96. The largest absolute Gasteiger partial charge is 4.00 e. The molecule has 0 saturated heterocycles. The van der Waals surface area contributed by atoms with Gasteiger partial charge in [0.25, 0.3) is 0 Å². The first-order valence-corrected chi connectivity index (χ1v) is 20.0. The third kappa shape index (κ3) is 15.1. The van der Waals surface area contributed by atoms with Crippen molar-refractivity contribution < 1.29 is 25.8 Å². The van der Waals surface area contributed by atoms with Gasteiger partial charge in [0.15, 0.2) is 0 Å². The summed E-state index contributed by atoms with van der Waals surface area (Å²) in [4.78, 5) is 0. The number of hydrogen-bond donors (Lipinski definition) is 0. The van der Waals surface area contributed by atoms with Crippen LogP contribution in [0.5, 0.6) is 0 Å². The topological polar surface area (TPSA) is 56.4 Å². The van der Waals surface area contributed by atoms with Gasteiger partial charge >= 0.3 is 25.8 Å². The summed E-state index contributed by atoms with van der Waals surface area (Å²) in [6.45, 7) is 0. The summed E-state index contributed by atoms with van der Waals surface area (Å²) in [5.41, 5.74) is 4.72. The van der Waals surface area contributed by atoms with Gasteiger partial charge in [-0.1, -0.05) is 151 Å². The van der Waals surface area contributed by atoms with Crippen LogP contribution in [0.1, 0.15) is 11.1 Å². The zero-order chi connectivity index (χ0) is 35.8. The molecule has 0 atom stereocenters. The zero-order valence-corrected chi connectivity index (χ0v) is 36.3. The van der Waals surface area contributed by atoms with E-state index in [4.69, 9.17) is 5.32 Å². The molecular formula is C44H51HfN4P2+. The van der Waals surface area contributed by atoms with Gasteiger partial charge in [0.2, 0.25) is 0 Å². The molecule has 51 heavy (non-hydrogen) atoms. The first kappa shape index (κ1) is 43.9. The Morgan fingerprint density at radius 2 is 0.725 bits per heavy atom. The predicted octanol–water partition coefficient (Wildman–Crippen LogP) is 10.9. The van der Waals surface area contributed by atoms with Crippen LogP contribution in [0, 0.1) is 0 Å². The molecule has 0 fully saturated rings. The van der Waals surface area contributed by atoms with Crippen LogP contribution in [0.4, 0.5) is 11.4 Å². The van der Waals surface area contributed by atoms with Crippen molar-refractivity contribution in [3.63, 3.8) is 0 Å². The summed E-state index contributed by atoms with van der Waals surface area (Å²) >= 11 is 0. The molecular weight excluding hydrogens is 825 g/mol. The van der Waals surface area contributed by atoms with Gasteiger partial charge in [-0.05, 0) is 54.5 Å². The van der Waals surface area contributed by atoms with Crippen molar-refractivity contribution in [1.82, 2.24) is 0 Å². The molecule has 0 aliphatic carbocycles. The summed E-state index contributed by atoms with van der Waals surface area (Å²) < 4.78 is 0. The molecule has 260 valence electrons. The molecule has 4 nitrogen and oxygen atoms in total. The van der Waals surface area contributed by atoms with Crippen LogP contribution in [-0.4, -0.2) is 42.3 Å². The molecule has 0 amide bonds. The van der Waals surface area contributed by atoms with Gasteiger partial charge in [0, 0.05) is 0 Å². The molecule has 0 spiro atoms. The molecule has 0 unspecified atom stereocenters. The van der Waals surface area contributed by atoms with Crippen LogP contribution in [0.3, 0.4) is 0 Å². The van der Waals surface area contributed by atoms with E-state index in [1.54, 1.807) is 42.3 Å². The molecule has 7 heteroatoms.